The minimum absolute atomic E-state index is 0.00559. The van der Waals surface area contributed by atoms with E-state index in [1.165, 1.54) is 11.0 Å². The van der Waals surface area contributed by atoms with E-state index in [0.29, 0.717) is 11.4 Å². The third kappa shape index (κ3) is 4.58. The summed E-state index contributed by atoms with van der Waals surface area (Å²) in [5.41, 5.74) is 6.99. The van der Waals surface area contributed by atoms with Crippen LogP contribution in [-0.4, -0.2) is 44.6 Å². The van der Waals surface area contributed by atoms with Crippen LogP contribution in [0.15, 0.2) is 30.6 Å². The number of amides is 2. The molecule has 2 amide bonds. The number of nitrogens with two attached hydrogens (primary N) is 1. The molecular formula is C14H19N7O2. The molecule has 0 fully saturated rings. The van der Waals surface area contributed by atoms with Gasteiger partial charge in [0.15, 0.2) is 0 Å². The summed E-state index contributed by atoms with van der Waals surface area (Å²) in [6, 6.07) is 6.38. The molecule has 9 heteroatoms. The van der Waals surface area contributed by atoms with E-state index in [4.69, 9.17) is 5.73 Å². The molecule has 0 radical (unpaired) electrons. The molecule has 1 aromatic heterocycles. The maximum atomic E-state index is 11.9. The fourth-order valence-corrected chi connectivity index (χ4v) is 1.80. The molecular weight excluding hydrogens is 298 g/mol. The number of hydrogen-bond acceptors (Lipinski definition) is 6. The second kappa shape index (κ2) is 7.45. The van der Waals surface area contributed by atoms with Gasteiger partial charge in [-0.1, -0.05) is 19.9 Å². The van der Waals surface area contributed by atoms with E-state index in [9.17, 15) is 9.59 Å². The van der Waals surface area contributed by atoms with Crippen molar-refractivity contribution in [3.05, 3.63) is 30.6 Å². The normalized spacial score (nSPS) is 12.0. The predicted molar refractivity (Wildman–Crippen MR) is 83.6 cm³/mol. The summed E-state index contributed by atoms with van der Waals surface area (Å²) < 4.78 is 1.47. The highest BCUT2D eigenvalue weighted by molar-refractivity contribution is 5.95. The van der Waals surface area contributed by atoms with E-state index < -0.39 is 6.04 Å². The molecule has 2 rings (SSSR count). The van der Waals surface area contributed by atoms with Crippen molar-refractivity contribution >= 4 is 17.5 Å². The first-order chi connectivity index (χ1) is 11.0. The second-order valence-electron chi connectivity index (χ2n) is 5.34. The van der Waals surface area contributed by atoms with E-state index in [1.807, 2.05) is 13.8 Å². The van der Waals surface area contributed by atoms with Gasteiger partial charge in [0.05, 0.1) is 18.3 Å². The van der Waals surface area contributed by atoms with Crippen molar-refractivity contribution in [3.8, 4) is 5.69 Å². The molecule has 0 unspecified atom stereocenters. The predicted octanol–water partition coefficient (Wildman–Crippen LogP) is -0.300. The first kappa shape index (κ1) is 16.6. The van der Waals surface area contributed by atoms with Crippen molar-refractivity contribution in [2.45, 2.75) is 19.9 Å². The van der Waals surface area contributed by atoms with E-state index >= 15 is 0 Å². The van der Waals surface area contributed by atoms with E-state index in [2.05, 4.69) is 26.2 Å². The van der Waals surface area contributed by atoms with Gasteiger partial charge in [0, 0.05) is 5.69 Å². The highest BCUT2D eigenvalue weighted by atomic mass is 16.2. The summed E-state index contributed by atoms with van der Waals surface area (Å²) in [5, 5.41) is 16.1. The fraction of sp³-hybridized carbons (Fsp3) is 0.357. The smallest absolute Gasteiger partial charge is 0.243 e. The summed E-state index contributed by atoms with van der Waals surface area (Å²) in [4.78, 5) is 23.6. The Bertz CT molecular complexity index is 670. The summed E-state index contributed by atoms with van der Waals surface area (Å²) in [6.07, 6.45) is 1.45. The Morgan fingerprint density at radius 2 is 2.13 bits per heavy atom. The number of hydrogen-bond donors (Lipinski definition) is 3. The Labute approximate surface area is 133 Å². The third-order valence-corrected chi connectivity index (χ3v) is 3.19. The zero-order chi connectivity index (χ0) is 16.8. The van der Waals surface area contributed by atoms with Gasteiger partial charge in [-0.3, -0.25) is 9.59 Å². The Hall–Kier alpha value is -2.81. The largest absolute Gasteiger partial charge is 0.346 e. The zero-order valence-electron chi connectivity index (χ0n) is 12.9. The number of aromatic nitrogens is 4. The van der Waals surface area contributed by atoms with Crippen LogP contribution in [0.3, 0.4) is 0 Å². The van der Waals surface area contributed by atoms with Crippen molar-refractivity contribution in [2.24, 2.45) is 11.7 Å². The average molecular weight is 317 g/mol. The molecule has 0 aliphatic rings. The molecule has 0 spiro atoms. The monoisotopic (exact) mass is 317 g/mol. The molecule has 9 nitrogen and oxygen atoms in total. The van der Waals surface area contributed by atoms with Crippen LogP contribution in [0.5, 0.6) is 0 Å². The average Bonchev–Trinajstić information content (AvgIpc) is 3.06. The lowest BCUT2D eigenvalue weighted by molar-refractivity contribution is -0.125. The number of benzene rings is 1. The number of carbonyl (C=O) groups is 2. The lowest BCUT2D eigenvalue weighted by Crippen LogP contribution is -2.46. The molecule has 4 N–H and O–H groups in total. The Balaban J connectivity index is 1.91. The second-order valence-corrected chi connectivity index (χ2v) is 5.34. The van der Waals surface area contributed by atoms with Gasteiger partial charge in [-0.25, -0.2) is 4.68 Å². The quantitative estimate of drug-likeness (QED) is 0.671. The highest BCUT2D eigenvalue weighted by Crippen LogP contribution is 2.13. The molecule has 0 saturated heterocycles. The van der Waals surface area contributed by atoms with E-state index in [-0.39, 0.29) is 24.3 Å². The van der Waals surface area contributed by atoms with Crippen molar-refractivity contribution in [1.29, 1.82) is 0 Å². The first-order valence-corrected chi connectivity index (χ1v) is 7.14. The van der Waals surface area contributed by atoms with Gasteiger partial charge in [0.1, 0.15) is 6.33 Å². The molecule has 2 aromatic rings. The Morgan fingerprint density at radius 3 is 2.78 bits per heavy atom. The lowest BCUT2D eigenvalue weighted by atomic mass is 10.1. The van der Waals surface area contributed by atoms with Gasteiger partial charge in [-0.2, -0.15) is 0 Å². The molecule has 122 valence electrons. The zero-order valence-corrected chi connectivity index (χ0v) is 12.9. The molecule has 0 bridgehead atoms. The SMILES string of the molecule is CC(C)[C@H](N)C(=O)NCC(=O)Nc1cccc(-n2cnnn2)c1. The van der Waals surface area contributed by atoms with Crippen LogP contribution in [0.2, 0.25) is 0 Å². The number of anilines is 1. The van der Waals surface area contributed by atoms with Gasteiger partial charge in [-0.05, 0) is 34.5 Å². The summed E-state index contributed by atoms with van der Waals surface area (Å²) >= 11 is 0. The standard InChI is InChI=1S/C14H19N7O2/c1-9(2)13(15)14(23)16-7-12(22)18-10-4-3-5-11(6-10)21-8-17-19-20-21/h3-6,8-9,13H,7,15H2,1-2H3,(H,16,23)(H,18,22)/t13-/m0/s1. The van der Waals surface area contributed by atoms with Crippen molar-refractivity contribution in [2.75, 3.05) is 11.9 Å². The maximum absolute atomic E-state index is 11.9. The first-order valence-electron chi connectivity index (χ1n) is 7.14. The molecule has 0 aliphatic carbocycles. The van der Waals surface area contributed by atoms with Crippen LogP contribution < -0.4 is 16.4 Å². The number of rotatable bonds is 6. The molecule has 1 atom stereocenters. The number of nitrogens with zero attached hydrogens (tertiary/aromatic N) is 4. The maximum Gasteiger partial charge on any atom is 0.243 e. The van der Waals surface area contributed by atoms with Crippen molar-refractivity contribution < 1.29 is 9.59 Å². The van der Waals surface area contributed by atoms with E-state index in [0.717, 1.165) is 0 Å². The Morgan fingerprint density at radius 1 is 1.35 bits per heavy atom. The summed E-state index contributed by atoms with van der Waals surface area (Å²) in [5.74, 6) is -0.688. The number of tetrazole rings is 1. The van der Waals surface area contributed by atoms with Gasteiger partial charge in [-0.15, -0.1) is 5.10 Å². The third-order valence-electron chi connectivity index (χ3n) is 3.19. The molecule has 0 saturated carbocycles. The summed E-state index contributed by atoms with van der Waals surface area (Å²) in [6.45, 7) is 3.54. The van der Waals surface area contributed by atoms with Crippen LogP contribution in [0.4, 0.5) is 5.69 Å². The van der Waals surface area contributed by atoms with Crippen LogP contribution in [-0.2, 0) is 9.59 Å². The number of carbonyl (C=O) groups excluding carboxylic acids is 2. The molecule has 0 aliphatic heterocycles. The highest BCUT2D eigenvalue weighted by Gasteiger charge is 2.17. The van der Waals surface area contributed by atoms with Crippen molar-refractivity contribution in [1.82, 2.24) is 25.5 Å². The molecule has 23 heavy (non-hydrogen) atoms. The van der Waals surface area contributed by atoms with Crippen LogP contribution in [0.1, 0.15) is 13.8 Å². The fourth-order valence-electron chi connectivity index (χ4n) is 1.80. The number of nitrogens with one attached hydrogen (secondary N) is 2. The summed E-state index contributed by atoms with van der Waals surface area (Å²) in [7, 11) is 0. The minimum atomic E-state index is -0.633. The lowest BCUT2D eigenvalue weighted by Gasteiger charge is -2.15. The van der Waals surface area contributed by atoms with Crippen LogP contribution in [0, 0.1) is 5.92 Å². The molecule has 1 aromatic carbocycles. The van der Waals surface area contributed by atoms with Crippen LogP contribution in [0.25, 0.3) is 5.69 Å². The molecule has 1 heterocycles. The van der Waals surface area contributed by atoms with Gasteiger partial charge in [0.25, 0.3) is 0 Å². The van der Waals surface area contributed by atoms with Crippen molar-refractivity contribution in [3.63, 3.8) is 0 Å². The van der Waals surface area contributed by atoms with E-state index in [1.54, 1.807) is 24.3 Å². The Kier molecular flexibility index (Phi) is 5.36. The van der Waals surface area contributed by atoms with Crippen LogP contribution >= 0.6 is 0 Å². The van der Waals surface area contributed by atoms with Gasteiger partial charge >= 0.3 is 0 Å². The van der Waals surface area contributed by atoms with Gasteiger partial charge < -0.3 is 16.4 Å². The van der Waals surface area contributed by atoms with Gasteiger partial charge in [0.2, 0.25) is 11.8 Å². The minimum Gasteiger partial charge on any atom is -0.346 e. The topological polar surface area (TPSA) is 128 Å².